The molecule has 1 unspecified atom stereocenters. The predicted molar refractivity (Wildman–Crippen MR) is 82.4 cm³/mol. The second-order valence-corrected chi connectivity index (χ2v) is 7.70. The van der Waals surface area contributed by atoms with Crippen LogP contribution in [0.3, 0.4) is 0 Å². The van der Waals surface area contributed by atoms with Gasteiger partial charge in [-0.2, -0.15) is 11.8 Å². The van der Waals surface area contributed by atoms with Crippen LogP contribution in [0.2, 0.25) is 0 Å². The van der Waals surface area contributed by atoms with Crippen LogP contribution in [0.15, 0.2) is 0 Å². The van der Waals surface area contributed by atoms with E-state index >= 15 is 0 Å². The first-order valence-corrected chi connectivity index (χ1v) is 8.89. The highest BCUT2D eigenvalue weighted by Gasteiger charge is 2.43. The Kier molecular flexibility index (Phi) is 5.40. The normalized spacial score (nSPS) is 28.3. The van der Waals surface area contributed by atoms with E-state index < -0.39 is 0 Å². The average Bonchev–Trinajstić information content (AvgIpc) is 2.81. The van der Waals surface area contributed by atoms with E-state index in [2.05, 4.69) is 42.7 Å². The van der Waals surface area contributed by atoms with Gasteiger partial charge in [0.25, 0.3) is 0 Å². The lowest BCUT2D eigenvalue weighted by atomic mass is 9.88. The lowest BCUT2D eigenvalue weighted by Crippen LogP contribution is -2.65. The number of piperazine rings is 1. The molecule has 1 N–H and O–H groups in total. The van der Waals surface area contributed by atoms with E-state index in [0.29, 0.717) is 11.6 Å². The van der Waals surface area contributed by atoms with Gasteiger partial charge in [0.05, 0.1) is 0 Å². The minimum atomic E-state index is 0.514. The molecule has 0 aromatic carbocycles. The molecule has 0 aromatic rings. The fourth-order valence-corrected chi connectivity index (χ4v) is 4.19. The molecular weight excluding hydrogens is 240 g/mol. The van der Waals surface area contributed by atoms with Crippen LogP contribution in [-0.4, -0.2) is 47.6 Å². The highest BCUT2D eigenvalue weighted by molar-refractivity contribution is 7.99. The van der Waals surface area contributed by atoms with E-state index in [1.54, 1.807) is 0 Å². The molecule has 1 aliphatic carbocycles. The Morgan fingerprint density at radius 3 is 2.67 bits per heavy atom. The Bertz CT molecular complexity index is 249. The van der Waals surface area contributed by atoms with Gasteiger partial charge in [-0.25, -0.2) is 0 Å². The van der Waals surface area contributed by atoms with Crippen molar-refractivity contribution < 1.29 is 0 Å². The van der Waals surface area contributed by atoms with Crippen molar-refractivity contribution in [2.75, 3.05) is 31.1 Å². The third-order valence-corrected chi connectivity index (χ3v) is 5.71. The molecule has 2 fully saturated rings. The van der Waals surface area contributed by atoms with Crippen molar-refractivity contribution in [3.63, 3.8) is 0 Å². The summed E-state index contributed by atoms with van der Waals surface area (Å²) in [6, 6.07) is 0.697. The van der Waals surface area contributed by atoms with Crippen LogP contribution in [-0.2, 0) is 0 Å². The van der Waals surface area contributed by atoms with Crippen molar-refractivity contribution in [2.45, 2.75) is 58.0 Å². The second kappa shape index (κ2) is 6.62. The number of rotatable bonds is 5. The van der Waals surface area contributed by atoms with Gasteiger partial charge in [-0.05, 0) is 24.5 Å². The van der Waals surface area contributed by atoms with E-state index in [0.717, 1.165) is 5.92 Å². The number of hydrogen-bond acceptors (Lipinski definition) is 3. The molecule has 2 nitrogen and oxygen atoms in total. The van der Waals surface area contributed by atoms with Gasteiger partial charge < -0.3 is 5.32 Å². The van der Waals surface area contributed by atoms with Crippen LogP contribution in [0.1, 0.15) is 46.5 Å². The van der Waals surface area contributed by atoms with Crippen molar-refractivity contribution in [3.05, 3.63) is 0 Å². The van der Waals surface area contributed by atoms with Gasteiger partial charge >= 0.3 is 0 Å². The second-order valence-electron chi connectivity index (χ2n) is 6.31. The van der Waals surface area contributed by atoms with Gasteiger partial charge in [-0.1, -0.05) is 33.6 Å². The van der Waals surface area contributed by atoms with Crippen molar-refractivity contribution in [2.24, 2.45) is 5.92 Å². The molecule has 18 heavy (non-hydrogen) atoms. The van der Waals surface area contributed by atoms with Crippen LogP contribution >= 0.6 is 11.8 Å². The van der Waals surface area contributed by atoms with Crippen molar-refractivity contribution >= 4 is 11.8 Å². The maximum Gasteiger partial charge on any atom is 0.0335 e. The summed E-state index contributed by atoms with van der Waals surface area (Å²) in [5.74, 6) is 3.32. The van der Waals surface area contributed by atoms with Gasteiger partial charge in [-0.3, -0.25) is 4.90 Å². The lowest BCUT2D eigenvalue weighted by Gasteiger charge is -2.49. The number of nitrogens with zero attached hydrogens (tertiary/aromatic N) is 1. The summed E-state index contributed by atoms with van der Waals surface area (Å²) >= 11 is 2.09. The predicted octanol–water partition coefficient (Wildman–Crippen LogP) is 2.98. The Morgan fingerprint density at radius 1 is 1.33 bits per heavy atom. The molecule has 2 rings (SSSR count). The van der Waals surface area contributed by atoms with Gasteiger partial charge in [0.2, 0.25) is 0 Å². The molecule has 3 heteroatoms. The van der Waals surface area contributed by atoms with Gasteiger partial charge in [0.1, 0.15) is 0 Å². The Balaban J connectivity index is 1.96. The van der Waals surface area contributed by atoms with Crippen molar-refractivity contribution in [1.82, 2.24) is 10.2 Å². The molecule has 1 saturated heterocycles. The van der Waals surface area contributed by atoms with Gasteiger partial charge in [0, 0.05) is 37.0 Å². The van der Waals surface area contributed by atoms with Gasteiger partial charge in [-0.15, -0.1) is 0 Å². The van der Waals surface area contributed by atoms with Crippen LogP contribution in [0, 0.1) is 5.92 Å². The fraction of sp³-hybridized carbons (Fsp3) is 1.00. The Hall–Kier alpha value is 0.270. The average molecular weight is 270 g/mol. The first kappa shape index (κ1) is 14.7. The summed E-state index contributed by atoms with van der Waals surface area (Å²) < 4.78 is 0. The highest BCUT2D eigenvalue weighted by Crippen LogP contribution is 2.37. The van der Waals surface area contributed by atoms with Crippen LogP contribution in [0.25, 0.3) is 0 Å². The molecular formula is C15H30N2S. The molecule has 0 aromatic heterocycles. The molecule has 1 saturated carbocycles. The maximum absolute atomic E-state index is 3.82. The third-order valence-electron chi connectivity index (χ3n) is 4.83. The zero-order valence-corrected chi connectivity index (χ0v) is 13.2. The van der Waals surface area contributed by atoms with Crippen LogP contribution in [0.5, 0.6) is 0 Å². The standard InChI is InChI=1S/C15H30N2S/c1-4-18-10-9-17-11-14(13(2)3)16-12-15(17)7-5-6-8-15/h13-14,16H,4-12H2,1-3H3. The fourth-order valence-electron chi connectivity index (χ4n) is 3.55. The zero-order chi connectivity index (χ0) is 13.0. The molecule has 0 bridgehead atoms. The van der Waals surface area contributed by atoms with Gasteiger partial charge in [0.15, 0.2) is 0 Å². The summed E-state index contributed by atoms with van der Waals surface area (Å²) in [6.45, 7) is 10.8. The zero-order valence-electron chi connectivity index (χ0n) is 12.4. The topological polar surface area (TPSA) is 15.3 Å². The summed E-state index contributed by atoms with van der Waals surface area (Å²) in [4.78, 5) is 2.84. The summed E-state index contributed by atoms with van der Waals surface area (Å²) in [5, 5.41) is 3.82. The smallest absolute Gasteiger partial charge is 0.0335 e. The molecule has 1 heterocycles. The maximum atomic E-state index is 3.82. The minimum absolute atomic E-state index is 0.514. The van der Waals surface area contributed by atoms with Crippen molar-refractivity contribution in [3.8, 4) is 0 Å². The molecule has 1 atom stereocenters. The van der Waals surface area contributed by atoms with Crippen molar-refractivity contribution in [1.29, 1.82) is 0 Å². The van der Waals surface area contributed by atoms with E-state index in [4.69, 9.17) is 0 Å². The molecule has 0 radical (unpaired) electrons. The minimum Gasteiger partial charge on any atom is -0.311 e. The molecule has 0 amide bonds. The summed E-state index contributed by atoms with van der Waals surface area (Å²) in [5.41, 5.74) is 0.514. The Morgan fingerprint density at radius 2 is 2.06 bits per heavy atom. The quantitative estimate of drug-likeness (QED) is 0.773. The van der Waals surface area contributed by atoms with E-state index in [9.17, 15) is 0 Å². The number of hydrogen-bond donors (Lipinski definition) is 1. The molecule has 1 aliphatic heterocycles. The van der Waals surface area contributed by atoms with E-state index in [1.165, 1.54) is 56.8 Å². The highest BCUT2D eigenvalue weighted by atomic mass is 32.2. The van der Waals surface area contributed by atoms with E-state index in [-0.39, 0.29) is 0 Å². The summed E-state index contributed by atoms with van der Waals surface area (Å²) in [6.07, 6.45) is 5.71. The first-order valence-electron chi connectivity index (χ1n) is 7.74. The van der Waals surface area contributed by atoms with E-state index in [1.807, 2.05) is 0 Å². The third kappa shape index (κ3) is 3.23. The molecule has 106 valence electrons. The largest absolute Gasteiger partial charge is 0.311 e. The molecule has 1 spiro atoms. The Labute approximate surface area is 117 Å². The first-order chi connectivity index (χ1) is 8.68. The SMILES string of the molecule is CCSCCN1CC(C(C)C)NCC12CCCC2. The lowest BCUT2D eigenvalue weighted by molar-refractivity contribution is 0.0389. The van der Waals surface area contributed by atoms with Crippen LogP contribution in [0.4, 0.5) is 0 Å². The number of nitrogens with one attached hydrogen (secondary N) is 1. The monoisotopic (exact) mass is 270 g/mol. The van der Waals surface area contributed by atoms with Crippen LogP contribution < -0.4 is 5.32 Å². The number of thioether (sulfide) groups is 1. The summed E-state index contributed by atoms with van der Waals surface area (Å²) in [7, 11) is 0. The molecule has 2 aliphatic rings.